The van der Waals surface area contributed by atoms with Crippen molar-refractivity contribution >= 4 is 79.4 Å². The van der Waals surface area contributed by atoms with Crippen LogP contribution in [-0.4, -0.2) is 49.8 Å². The zero-order valence-corrected chi connectivity index (χ0v) is 51.0. The fourth-order valence-electron chi connectivity index (χ4n) is 4.60. The van der Waals surface area contributed by atoms with Crippen LogP contribution < -0.4 is 0 Å². The van der Waals surface area contributed by atoms with E-state index in [2.05, 4.69) is 82.9 Å². The summed E-state index contributed by atoms with van der Waals surface area (Å²) in [4.78, 5) is 46.7. The molecule has 0 aliphatic rings. The minimum atomic E-state index is 0.734. The first-order valence-corrected chi connectivity index (χ1v) is 28.2. The summed E-state index contributed by atoms with van der Waals surface area (Å²) in [7, 11) is 0. The summed E-state index contributed by atoms with van der Waals surface area (Å²) >= 11 is 12.0. The smallest absolute Gasteiger partial charge is 0.191 e. The van der Waals surface area contributed by atoms with E-state index in [1.54, 1.807) is 91.8 Å². The molecule has 0 saturated carbocycles. The van der Waals surface area contributed by atoms with Gasteiger partial charge in [0.1, 0.15) is 17.3 Å². The quantitative estimate of drug-likeness (QED) is 0.141. The molecule has 0 aliphatic carbocycles. The van der Waals surface area contributed by atoms with Crippen LogP contribution in [0.4, 0.5) is 0 Å². The van der Waals surface area contributed by atoms with Gasteiger partial charge >= 0.3 is 0 Å². The molecular weight excluding hydrogens is 1030 g/mol. The van der Waals surface area contributed by atoms with Gasteiger partial charge in [-0.2, -0.15) is 0 Å². The van der Waals surface area contributed by atoms with Crippen LogP contribution in [0, 0.1) is 145 Å². The molecule has 0 spiro atoms. The Labute approximate surface area is 450 Å². The number of aromatic nitrogens is 10. The second kappa shape index (κ2) is 35.2. The number of rotatable bonds is 0. The fourth-order valence-corrected chi connectivity index (χ4v) is 8.95. The lowest BCUT2D eigenvalue weighted by Gasteiger charge is -1.77. The van der Waals surface area contributed by atoms with Gasteiger partial charge in [-0.05, 0) is 132 Å². The third-order valence-electron chi connectivity index (χ3n) is 8.70. The average molecular weight is 1100 g/mol. The highest BCUT2D eigenvalue weighted by molar-refractivity contribution is 7.12. The predicted octanol–water partition coefficient (Wildman–Crippen LogP) is 16.5. The lowest BCUT2D eigenvalue weighted by molar-refractivity contribution is 0.493. The van der Waals surface area contributed by atoms with Crippen LogP contribution in [0.15, 0.2) is 66.2 Å². The molecule has 0 unspecified atom stereocenters. The molecule has 10 rings (SSSR count). The van der Waals surface area contributed by atoms with E-state index in [4.69, 9.17) is 13.3 Å². The summed E-state index contributed by atoms with van der Waals surface area (Å²) in [6.45, 7) is 41.8. The summed E-state index contributed by atoms with van der Waals surface area (Å²) in [5.74, 6) is 4.18. The molecule has 71 heavy (non-hydrogen) atoms. The Morgan fingerprint density at radius 1 is 0.394 bits per heavy atom. The third kappa shape index (κ3) is 30.5. The highest BCUT2D eigenvalue weighted by Gasteiger charge is 1.98. The first-order chi connectivity index (χ1) is 33.4. The Balaban J connectivity index is 0.000000395. The molecule has 0 aromatic carbocycles. The molecule has 0 bridgehead atoms. The van der Waals surface area contributed by atoms with Crippen molar-refractivity contribution in [2.45, 2.75) is 145 Å². The zero-order valence-electron chi connectivity index (χ0n) is 45.3. The van der Waals surface area contributed by atoms with Crippen LogP contribution in [-0.2, 0) is 0 Å². The van der Waals surface area contributed by atoms with Crippen LogP contribution in [0.1, 0.15) is 113 Å². The predicted molar refractivity (Wildman–Crippen MR) is 304 cm³/mol. The maximum Gasteiger partial charge on any atom is 0.191 e. The van der Waals surface area contributed by atoms with Crippen molar-refractivity contribution in [3.05, 3.63) is 166 Å². The number of oxazole rings is 3. The molecule has 10 heterocycles. The number of hydrogen-bond donors (Lipinski definition) is 0. The summed E-state index contributed by atoms with van der Waals surface area (Å²) in [6.07, 6.45) is 8.70. The van der Waals surface area contributed by atoms with Gasteiger partial charge in [-0.1, -0.05) is 0 Å². The Bertz CT molecular complexity index is 2470. The van der Waals surface area contributed by atoms with Crippen LogP contribution in [0.5, 0.6) is 0 Å². The van der Waals surface area contributed by atoms with Crippen LogP contribution >= 0.6 is 79.4 Å². The van der Waals surface area contributed by atoms with Gasteiger partial charge in [0.15, 0.2) is 18.2 Å². The average Bonchev–Trinajstić information content (AvgIpc) is 4.17. The molecule has 0 amide bonds. The van der Waals surface area contributed by atoms with Crippen molar-refractivity contribution in [3.63, 3.8) is 0 Å². The molecule has 20 heteroatoms. The number of hydrogen-bond acceptors (Lipinski definition) is 20. The summed E-state index contributed by atoms with van der Waals surface area (Å²) in [5.41, 5.74) is 10.3. The van der Waals surface area contributed by atoms with Crippen molar-refractivity contribution in [1.82, 2.24) is 49.8 Å². The van der Waals surface area contributed by atoms with E-state index in [0.717, 1.165) is 66.9 Å². The number of aryl methyl sites for hydroxylation is 21. The van der Waals surface area contributed by atoms with Gasteiger partial charge in [-0.15, -0.1) is 79.4 Å². The second-order valence-electron chi connectivity index (χ2n) is 15.3. The monoisotopic (exact) mass is 1100 g/mol. The van der Waals surface area contributed by atoms with E-state index in [-0.39, 0.29) is 0 Å². The molecule has 0 saturated heterocycles. The van der Waals surface area contributed by atoms with Gasteiger partial charge in [0.05, 0.1) is 70.7 Å². The van der Waals surface area contributed by atoms with E-state index < -0.39 is 0 Å². The van der Waals surface area contributed by atoms with Crippen molar-refractivity contribution in [2.24, 2.45) is 0 Å². The van der Waals surface area contributed by atoms with Gasteiger partial charge in [0, 0.05) is 73.3 Å². The maximum absolute atomic E-state index is 5.10. The van der Waals surface area contributed by atoms with Crippen molar-refractivity contribution in [2.75, 3.05) is 0 Å². The molecule has 386 valence electrons. The lowest BCUT2D eigenvalue weighted by Crippen LogP contribution is -1.71. The van der Waals surface area contributed by atoms with E-state index >= 15 is 0 Å². The van der Waals surface area contributed by atoms with Crippen LogP contribution in [0.3, 0.4) is 0 Å². The molecule has 10 aromatic heterocycles. The van der Waals surface area contributed by atoms with Crippen LogP contribution in [0.25, 0.3) is 0 Å². The Morgan fingerprint density at radius 3 is 1.15 bits per heavy atom. The molecular formula is C51H72N10O3S7. The third-order valence-corrected chi connectivity index (χ3v) is 14.7. The summed E-state index contributed by atoms with van der Waals surface area (Å²) in [5, 5.41) is 9.79. The van der Waals surface area contributed by atoms with E-state index in [1.807, 2.05) is 146 Å². The summed E-state index contributed by atoms with van der Waals surface area (Å²) in [6, 6.07) is 0. The first-order valence-electron chi connectivity index (χ1n) is 22.2. The molecule has 0 N–H and O–H groups in total. The van der Waals surface area contributed by atoms with E-state index in [9.17, 15) is 0 Å². The molecule has 0 atom stereocenters. The van der Waals surface area contributed by atoms with Gasteiger partial charge in [-0.3, -0.25) is 9.97 Å². The highest BCUT2D eigenvalue weighted by atomic mass is 32.1. The fraction of sp³-hybridized carbons (Fsp3) is 0.412. The zero-order chi connectivity index (χ0) is 53.6. The van der Waals surface area contributed by atoms with Crippen LogP contribution in [0.2, 0.25) is 0 Å². The Morgan fingerprint density at radius 2 is 1.03 bits per heavy atom. The number of nitrogens with zero attached hydrogens (tertiary/aromatic N) is 10. The normalized spacial score (nSPS) is 9.48. The van der Waals surface area contributed by atoms with Crippen molar-refractivity contribution in [1.29, 1.82) is 0 Å². The lowest BCUT2D eigenvalue weighted by atomic mass is 10.4. The molecule has 0 aliphatic heterocycles. The van der Waals surface area contributed by atoms with Crippen molar-refractivity contribution in [3.8, 4) is 0 Å². The van der Waals surface area contributed by atoms with Gasteiger partial charge < -0.3 is 13.3 Å². The number of thiazole rings is 7. The minimum absolute atomic E-state index is 0.734. The van der Waals surface area contributed by atoms with Gasteiger partial charge in [-0.25, -0.2) is 39.9 Å². The molecule has 13 nitrogen and oxygen atoms in total. The Hall–Kier alpha value is -4.96. The molecule has 0 fully saturated rings. The Kier molecular flexibility index (Phi) is 31.8. The highest BCUT2D eigenvalue weighted by Crippen LogP contribution is 2.15. The molecule has 10 aromatic rings. The standard InChI is InChI=1S/C6H9NO.2C6H9NS.2C5H7NO.3C5H7NS.2C4H5NS/c3*1-4-5(2)8-6(3)7-4;1-4-5(2)7-3-6-4;1-4-3-6-5(2)7-4;1-4-5(2)7-3-6-4;1-4-3-7-5(2)6-4;1-4-3-6-5(2)7-4;1-4-2-5-3-6-4;1-4-5-2-3-6-4/h3*1-3H3;5*3H,1-2H3;2*2-3H,1H3. The minimum Gasteiger partial charge on any atom is -0.449 e. The summed E-state index contributed by atoms with van der Waals surface area (Å²) < 4.78 is 14.9. The maximum atomic E-state index is 5.10. The van der Waals surface area contributed by atoms with Gasteiger partial charge in [0.2, 0.25) is 0 Å². The topological polar surface area (TPSA) is 168 Å². The first kappa shape index (κ1) is 64.1. The van der Waals surface area contributed by atoms with E-state index in [1.165, 1.54) is 52.2 Å². The largest absolute Gasteiger partial charge is 0.449 e. The SMILES string of the molecule is Cc1cnc(C)o1.Cc1cnc(C)s1.Cc1cncs1.Cc1csc(C)n1.Cc1nc(C)c(C)o1.Cc1nc(C)c(C)s1.Cc1nc(C)c(C)s1.Cc1nccs1.Cc1ncoc1C.Cc1ncsc1C. The van der Waals surface area contributed by atoms with Crippen molar-refractivity contribution < 1.29 is 13.3 Å². The van der Waals surface area contributed by atoms with Gasteiger partial charge in [0.25, 0.3) is 0 Å². The van der Waals surface area contributed by atoms with E-state index in [0.29, 0.717) is 0 Å². The molecule has 0 radical (unpaired) electrons. The second-order valence-corrected chi connectivity index (χ2v) is 23.8.